The Hall–Kier alpha value is -1.60. The first-order valence-corrected chi connectivity index (χ1v) is 6.39. The molecule has 1 amide bonds. The predicted molar refractivity (Wildman–Crippen MR) is 73.4 cm³/mol. The molecule has 1 saturated heterocycles. The summed E-state index contributed by atoms with van der Waals surface area (Å²) in [5, 5.41) is 6.10. The van der Waals surface area contributed by atoms with Gasteiger partial charge in [-0.1, -0.05) is 0 Å². The Kier molecular flexibility index (Phi) is 4.39. The molecule has 0 saturated carbocycles. The summed E-state index contributed by atoms with van der Waals surface area (Å²) in [5.74, 6) is -0.0721. The van der Waals surface area contributed by atoms with E-state index in [4.69, 9.17) is 17.0 Å². The van der Waals surface area contributed by atoms with Crippen molar-refractivity contribution >= 4 is 23.2 Å². The van der Waals surface area contributed by atoms with Crippen molar-refractivity contribution in [2.75, 3.05) is 20.3 Å². The number of ether oxygens (including phenoxy) is 1. The molecule has 0 bridgehead atoms. The standard InChI is InChI=1S/C12H16N4O2S/c1-18-3-2-12(4-9-5-13-8-14-6-9)7-15-11(19)16-10(12)17/h5-6,8H,2-4,7H2,1H3,(H2,15,16,17,19). The number of hydrogen-bond acceptors (Lipinski definition) is 5. The van der Waals surface area contributed by atoms with Crippen LogP contribution in [0, 0.1) is 5.41 Å². The van der Waals surface area contributed by atoms with Crippen molar-refractivity contribution in [3.05, 3.63) is 24.3 Å². The minimum atomic E-state index is -0.580. The summed E-state index contributed by atoms with van der Waals surface area (Å²) in [6.07, 6.45) is 6.08. The van der Waals surface area contributed by atoms with Gasteiger partial charge in [0.15, 0.2) is 5.11 Å². The summed E-state index contributed by atoms with van der Waals surface area (Å²) in [6, 6.07) is 0. The van der Waals surface area contributed by atoms with E-state index in [9.17, 15) is 4.79 Å². The maximum absolute atomic E-state index is 12.3. The van der Waals surface area contributed by atoms with E-state index in [1.54, 1.807) is 19.5 Å². The number of nitrogens with one attached hydrogen (secondary N) is 2. The van der Waals surface area contributed by atoms with Crippen molar-refractivity contribution in [3.63, 3.8) is 0 Å². The molecular formula is C12H16N4O2S. The SMILES string of the molecule is COCCC1(Cc2cncnc2)CNC(=S)NC1=O. The van der Waals surface area contributed by atoms with Gasteiger partial charge in [0.25, 0.3) is 0 Å². The molecule has 0 radical (unpaired) electrons. The van der Waals surface area contributed by atoms with Crippen molar-refractivity contribution in [2.24, 2.45) is 5.41 Å². The van der Waals surface area contributed by atoms with Crippen LogP contribution >= 0.6 is 12.2 Å². The van der Waals surface area contributed by atoms with Gasteiger partial charge in [0, 0.05) is 32.7 Å². The highest BCUT2D eigenvalue weighted by atomic mass is 32.1. The van der Waals surface area contributed by atoms with E-state index < -0.39 is 5.41 Å². The summed E-state index contributed by atoms with van der Waals surface area (Å²) < 4.78 is 5.11. The monoisotopic (exact) mass is 280 g/mol. The maximum Gasteiger partial charge on any atom is 0.234 e. The highest BCUT2D eigenvalue weighted by molar-refractivity contribution is 7.80. The number of carbonyl (C=O) groups is 1. The zero-order chi connectivity index (χ0) is 13.7. The van der Waals surface area contributed by atoms with Crippen molar-refractivity contribution in [1.82, 2.24) is 20.6 Å². The molecular weight excluding hydrogens is 264 g/mol. The number of amides is 1. The number of rotatable bonds is 5. The zero-order valence-electron chi connectivity index (χ0n) is 10.7. The second-order valence-corrected chi connectivity index (χ2v) is 4.99. The predicted octanol–water partition coefficient (Wildman–Crippen LogP) is 0.0463. The van der Waals surface area contributed by atoms with Gasteiger partial charge in [0.1, 0.15) is 6.33 Å². The molecule has 1 aromatic rings. The molecule has 2 heterocycles. The topological polar surface area (TPSA) is 76.1 Å². The zero-order valence-corrected chi connectivity index (χ0v) is 11.5. The molecule has 6 nitrogen and oxygen atoms in total. The summed E-state index contributed by atoms with van der Waals surface area (Å²) in [7, 11) is 1.62. The number of aromatic nitrogens is 2. The van der Waals surface area contributed by atoms with Crippen LogP contribution < -0.4 is 10.6 Å². The van der Waals surface area contributed by atoms with Gasteiger partial charge in [-0.25, -0.2) is 9.97 Å². The Labute approximate surface area is 117 Å². The average Bonchev–Trinajstić information content (AvgIpc) is 2.42. The first-order chi connectivity index (χ1) is 9.16. The normalized spacial score (nSPS) is 22.8. The van der Waals surface area contributed by atoms with E-state index in [0.717, 1.165) is 5.56 Å². The first kappa shape index (κ1) is 13.8. The number of thiocarbonyl (C=S) groups is 1. The smallest absolute Gasteiger partial charge is 0.234 e. The molecule has 102 valence electrons. The van der Waals surface area contributed by atoms with Crippen LogP contribution in [-0.2, 0) is 16.0 Å². The van der Waals surface area contributed by atoms with Crippen molar-refractivity contribution in [1.29, 1.82) is 0 Å². The Bertz CT molecular complexity index is 468. The van der Waals surface area contributed by atoms with Gasteiger partial charge in [-0.15, -0.1) is 0 Å². The van der Waals surface area contributed by atoms with Crippen molar-refractivity contribution < 1.29 is 9.53 Å². The molecule has 0 aromatic carbocycles. The quantitative estimate of drug-likeness (QED) is 0.742. The first-order valence-electron chi connectivity index (χ1n) is 5.98. The van der Waals surface area contributed by atoms with Gasteiger partial charge in [0.05, 0.1) is 5.41 Å². The van der Waals surface area contributed by atoms with Crippen molar-refractivity contribution in [2.45, 2.75) is 12.8 Å². The summed E-state index contributed by atoms with van der Waals surface area (Å²) in [4.78, 5) is 20.3. The molecule has 1 aliphatic rings. The van der Waals surface area contributed by atoms with Gasteiger partial charge in [-0.05, 0) is 30.6 Å². The number of hydrogen-bond donors (Lipinski definition) is 2. The number of nitrogens with zero attached hydrogens (tertiary/aromatic N) is 2. The minimum absolute atomic E-state index is 0.0721. The average molecular weight is 280 g/mol. The number of carbonyl (C=O) groups excluding carboxylic acids is 1. The lowest BCUT2D eigenvalue weighted by Gasteiger charge is -2.36. The van der Waals surface area contributed by atoms with Crippen LogP contribution in [0.5, 0.6) is 0 Å². The Morgan fingerprint density at radius 1 is 1.47 bits per heavy atom. The van der Waals surface area contributed by atoms with Crippen LogP contribution in [0.2, 0.25) is 0 Å². The molecule has 0 spiro atoms. The molecule has 2 N–H and O–H groups in total. The van der Waals surface area contributed by atoms with Crippen molar-refractivity contribution in [3.8, 4) is 0 Å². The molecule has 19 heavy (non-hydrogen) atoms. The van der Waals surface area contributed by atoms with E-state index in [1.165, 1.54) is 6.33 Å². The fraction of sp³-hybridized carbons (Fsp3) is 0.500. The van der Waals surface area contributed by atoms with Crippen LogP contribution in [-0.4, -0.2) is 41.2 Å². The largest absolute Gasteiger partial charge is 0.385 e. The molecule has 7 heteroatoms. The number of methoxy groups -OCH3 is 1. The molecule has 1 aliphatic heterocycles. The molecule has 2 rings (SSSR count). The molecule has 1 fully saturated rings. The van der Waals surface area contributed by atoms with Crippen LogP contribution in [0.3, 0.4) is 0 Å². The van der Waals surface area contributed by atoms with E-state index in [1.807, 2.05) is 0 Å². The molecule has 1 unspecified atom stereocenters. The summed E-state index contributed by atoms with van der Waals surface area (Å²) >= 11 is 4.96. The third kappa shape index (κ3) is 3.24. The van der Waals surface area contributed by atoms with Gasteiger partial charge in [-0.3, -0.25) is 4.79 Å². The van der Waals surface area contributed by atoms with Gasteiger partial charge in [0.2, 0.25) is 5.91 Å². The summed E-state index contributed by atoms with van der Waals surface area (Å²) in [5.41, 5.74) is 0.339. The Morgan fingerprint density at radius 2 is 2.21 bits per heavy atom. The molecule has 0 aliphatic carbocycles. The second-order valence-electron chi connectivity index (χ2n) is 4.58. The second kappa shape index (κ2) is 6.03. The van der Waals surface area contributed by atoms with Gasteiger partial charge in [-0.2, -0.15) is 0 Å². The van der Waals surface area contributed by atoms with Crippen LogP contribution in [0.4, 0.5) is 0 Å². The lowest BCUT2D eigenvalue weighted by atomic mass is 9.77. The molecule has 1 atom stereocenters. The molecule has 1 aromatic heterocycles. The van der Waals surface area contributed by atoms with Gasteiger partial charge < -0.3 is 15.4 Å². The van der Waals surface area contributed by atoms with E-state index >= 15 is 0 Å². The highest BCUT2D eigenvalue weighted by Gasteiger charge is 2.41. The van der Waals surface area contributed by atoms with Crippen LogP contribution in [0.1, 0.15) is 12.0 Å². The fourth-order valence-corrected chi connectivity index (χ4v) is 2.32. The third-order valence-electron chi connectivity index (χ3n) is 3.24. The highest BCUT2D eigenvalue weighted by Crippen LogP contribution is 2.28. The summed E-state index contributed by atoms with van der Waals surface area (Å²) in [6.45, 7) is 1.01. The van der Waals surface area contributed by atoms with E-state index in [0.29, 0.717) is 31.1 Å². The lowest BCUT2D eigenvalue weighted by Crippen LogP contribution is -2.59. The van der Waals surface area contributed by atoms with E-state index in [-0.39, 0.29) is 5.91 Å². The lowest BCUT2D eigenvalue weighted by molar-refractivity contribution is -0.131. The Balaban J connectivity index is 2.19. The van der Waals surface area contributed by atoms with E-state index in [2.05, 4.69) is 20.6 Å². The minimum Gasteiger partial charge on any atom is -0.385 e. The third-order valence-corrected chi connectivity index (χ3v) is 3.48. The fourth-order valence-electron chi connectivity index (χ4n) is 2.15. The van der Waals surface area contributed by atoms with Crippen LogP contribution in [0.25, 0.3) is 0 Å². The van der Waals surface area contributed by atoms with Crippen LogP contribution in [0.15, 0.2) is 18.7 Å². The Morgan fingerprint density at radius 3 is 2.84 bits per heavy atom. The van der Waals surface area contributed by atoms with Gasteiger partial charge >= 0.3 is 0 Å². The maximum atomic E-state index is 12.3.